The van der Waals surface area contributed by atoms with Gasteiger partial charge in [-0.2, -0.15) is 42.1 Å². The Kier molecular flexibility index (Phi) is 9.85. The quantitative estimate of drug-likeness (QED) is 0.0525. The van der Waals surface area contributed by atoms with E-state index in [0.29, 0.717) is 18.2 Å². The summed E-state index contributed by atoms with van der Waals surface area (Å²) in [5.41, 5.74) is 3.26. The number of phenolic OH excluding ortho intramolecular Hbond substituents is 2. The van der Waals surface area contributed by atoms with Crippen molar-refractivity contribution in [1.29, 1.82) is 0 Å². The lowest BCUT2D eigenvalue weighted by molar-refractivity contribution is 0.470. The van der Waals surface area contributed by atoms with E-state index in [2.05, 4.69) is 20.5 Å². The highest BCUT2D eigenvalue weighted by atomic mass is 32.2. The Balaban J connectivity index is 1.56. The zero-order valence-electron chi connectivity index (χ0n) is 27.5. The number of nitrogen functional groups attached to an aromatic ring is 1. The van der Waals surface area contributed by atoms with Gasteiger partial charge in [0.05, 0.1) is 42.8 Å². The average molecular weight is 884 g/mol. The number of benzene rings is 6. The van der Waals surface area contributed by atoms with Crippen molar-refractivity contribution in [3.05, 3.63) is 72.8 Å². The van der Waals surface area contributed by atoms with Crippen LogP contribution < -0.4 is 5.73 Å². The molecule has 0 aliphatic rings. The number of hydrogen-bond donors (Lipinski definition) is 8. The number of anilines is 1. The summed E-state index contributed by atoms with van der Waals surface area (Å²) in [5.74, 6) is -1.82. The maximum absolute atomic E-state index is 12.4. The highest BCUT2D eigenvalue weighted by Crippen LogP contribution is 2.45. The van der Waals surface area contributed by atoms with Crippen molar-refractivity contribution >= 4 is 111 Å². The van der Waals surface area contributed by atoms with E-state index in [0.717, 1.165) is 48.5 Å². The van der Waals surface area contributed by atoms with Gasteiger partial charge in [0.2, 0.25) is 0 Å². The van der Waals surface area contributed by atoms with E-state index >= 15 is 0 Å². The van der Waals surface area contributed by atoms with Gasteiger partial charge in [-0.1, -0.05) is 6.07 Å². The molecule has 9 N–H and O–H groups in total. The molecule has 298 valence electrons. The predicted molar refractivity (Wildman–Crippen MR) is 197 cm³/mol. The van der Waals surface area contributed by atoms with Crippen LogP contribution in [-0.2, 0) is 50.6 Å². The van der Waals surface area contributed by atoms with E-state index in [1.807, 2.05) is 0 Å². The third kappa shape index (κ3) is 8.09. The van der Waals surface area contributed by atoms with E-state index in [-0.39, 0.29) is 43.7 Å². The normalized spacial score (nSPS) is 13.4. The largest absolute Gasteiger partial charge is 0.507 e. The van der Waals surface area contributed by atoms with Crippen LogP contribution in [0.1, 0.15) is 0 Å². The van der Waals surface area contributed by atoms with Crippen LogP contribution in [0.4, 0.5) is 28.4 Å². The minimum atomic E-state index is -5.27. The van der Waals surface area contributed by atoms with Crippen molar-refractivity contribution in [3.8, 4) is 11.5 Å². The van der Waals surface area contributed by atoms with E-state index < -0.39 is 104 Å². The summed E-state index contributed by atoms with van der Waals surface area (Å²) in [7, 11) is -25.0. The number of hydrogen-bond acceptors (Lipinski definition) is 17. The van der Waals surface area contributed by atoms with Gasteiger partial charge in [-0.3, -0.25) is 22.8 Å². The van der Waals surface area contributed by atoms with Crippen LogP contribution in [0.2, 0.25) is 0 Å². The molecule has 0 radical (unpaired) electrons. The van der Waals surface area contributed by atoms with Gasteiger partial charge in [0.15, 0.2) is 5.75 Å². The highest BCUT2D eigenvalue weighted by Gasteiger charge is 2.25. The molecule has 0 saturated heterocycles. The number of aromatic hydroxyl groups is 2. The van der Waals surface area contributed by atoms with E-state index in [1.165, 1.54) is 6.07 Å². The molecule has 0 aliphatic heterocycles. The van der Waals surface area contributed by atoms with Crippen LogP contribution in [0.3, 0.4) is 0 Å². The Labute approximate surface area is 320 Å². The maximum atomic E-state index is 12.4. The molecule has 6 rings (SSSR count). The zero-order valence-corrected chi connectivity index (χ0v) is 31.6. The predicted octanol–water partition coefficient (Wildman–Crippen LogP) is 5.20. The number of fused-ring (bicyclic) bond motifs is 3. The fraction of sp³-hybridized carbons (Fsp3) is 0. The number of azo groups is 2. The van der Waals surface area contributed by atoms with Crippen molar-refractivity contribution in [3.63, 3.8) is 0 Å². The molecule has 22 nitrogen and oxygen atoms in total. The van der Waals surface area contributed by atoms with E-state index in [9.17, 15) is 75.1 Å². The van der Waals surface area contributed by atoms with Crippen LogP contribution in [0.15, 0.2) is 118 Å². The second-order valence-corrected chi connectivity index (χ2v) is 18.8. The first-order valence-electron chi connectivity index (χ1n) is 14.8. The Morgan fingerprint density at radius 1 is 0.439 bits per heavy atom. The first-order chi connectivity index (χ1) is 26.1. The van der Waals surface area contributed by atoms with Gasteiger partial charge in [-0.25, -0.2) is 0 Å². The van der Waals surface area contributed by atoms with Crippen LogP contribution in [0, 0.1) is 0 Å². The fourth-order valence-corrected chi connectivity index (χ4v) is 8.41. The second kappa shape index (κ2) is 13.7. The summed E-state index contributed by atoms with van der Waals surface area (Å²) in [6.45, 7) is 0. The van der Waals surface area contributed by atoms with Gasteiger partial charge in [-0.05, 0) is 71.4 Å². The van der Waals surface area contributed by atoms with Gasteiger partial charge in [0, 0.05) is 22.2 Å². The standard InChI is InChI=1S/C30H21N5O17S5/c31-21-12-19-13(7-26(21)56(47,48)49)8-27(57(50,51)52)29(30(19)37)35-33-23-4-3-22(18-2-1-15(9-20(18)23)53(38,39)40)32-34-24-10-16(54(41,42)43)5-14-6-17(55(44,45)46)11-25(36)28(14)24/h1-12,36-37H,31H2,(H,38,39,40)(H,41,42,43)(H,44,45,46)(H,47,48,49)(H,50,51,52). The summed E-state index contributed by atoms with van der Waals surface area (Å²) in [4.78, 5) is -4.35. The van der Waals surface area contributed by atoms with Crippen LogP contribution >= 0.6 is 0 Å². The molecule has 57 heavy (non-hydrogen) atoms. The van der Waals surface area contributed by atoms with Gasteiger partial charge in [0.25, 0.3) is 50.6 Å². The highest BCUT2D eigenvalue weighted by molar-refractivity contribution is 7.87. The first-order valence-corrected chi connectivity index (χ1v) is 22.0. The van der Waals surface area contributed by atoms with Crippen LogP contribution in [0.25, 0.3) is 32.3 Å². The molecule has 0 spiro atoms. The average Bonchev–Trinajstić information content (AvgIpc) is 3.07. The lowest BCUT2D eigenvalue weighted by Gasteiger charge is -2.11. The molecule has 0 amide bonds. The second-order valence-electron chi connectivity index (χ2n) is 11.8. The van der Waals surface area contributed by atoms with Gasteiger partial charge in [-0.15, -0.1) is 20.5 Å². The number of nitrogens with two attached hydrogens (primary N) is 1. The molecule has 0 unspecified atom stereocenters. The van der Waals surface area contributed by atoms with Crippen LogP contribution in [-0.4, -0.2) is 75.1 Å². The summed E-state index contributed by atoms with van der Waals surface area (Å²) in [6.07, 6.45) is 0. The lowest BCUT2D eigenvalue weighted by Crippen LogP contribution is -2.04. The molecule has 0 aliphatic carbocycles. The van der Waals surface area contributed by atoms with E-state index in [1.54, 1.807) is 0 Å². The third-order valence-corrected chi connectivity index (χ3v) is 12.3. The lowest BCUT2D eigenvalue weighted by atomic mass is 10.1. The van der Waals surface area contributed by atoms with Gasteiger partial charge in [0.1, 0.15) is 21.2 Å². The van der Waals surface area contributed by atoms with Crippen molar-refractivity contribution in [1.82, 2.24) is 0 Å². The summed E-state index contributed by atoms with van der Waals surface area (Å²) >= 11 is 0. The minimum Gasteiger partial charge on any atom is -0.507 e. The molecule has 6 aromatic carbocycles. The Morgan fingerprint density at radius 3 is 1.51 bits per heavy atom. The molecular weight excluding hydrogens is 863 g/mol. The van der Waals surface area contributed by atoms with Crippen molar-refractivity contribution in [2.24, 2.45) is 20.5 Å². The molecule has 27 heteroatoms. The summed E-state index contributed by atoms with van der Waals surface area (Å²) < 4.78 is 168. The van der Waals surface area contributed by atoms with Crippen molar-refractivity contribution in [2.75, 3.05) is 5.73 Å². The molecule has 0 fully saturated rings. The van der Waals surface area contributed by atoms with Crippen LogP contribution in [0.5, 0.6) is 11.5 Å². The Hall–Kier alpha value is -5.75. The third-order valence-electron chi connectivity index (χ3n) is 8.05. The first kappa shape index (κ1) is 40.9. The monoisotopic (exact) mass is 883 g/mol. The molecular formula is C30H21N5O17S5. The fourth-order valence-electron chi connectivity index (χ4n) is 5.54. The minimum absolute atomic E-state index is 0.0426. The maximum Gasteiger partial charge on any atom is 0.296 e. The number of phenols is 2. The summed E-state index contributed by atoms with van der Waals surface area (Å²) in [5, 5.41) is 35.8. The molecule has 0 atom stereocenters. The Morgan fingerprint density at radius 2 is 0.947 bits per heavy atom. The smallest absolute Gasteiger partial charge is 0.296 e. The molecule has 0 heterocycles. The summed E-state index contributed by atoms with van der Waals surface area (Å²) in [6, 6.07) is 10.3. The van der Waals surface area contributed by atoms with E-state index in [4.69, 9.17) is 5.73 Å². The topological polar surface area (TPSA) is 388 Å². The SMILES string of the molecule is Nc1cc2c(O)c(N=Nc3ccc(N=Nc4cc(S(=O)(=O)O)cc5cc(S(=O)(=O)O)cc(O)c45)c4ccc(S(=O)(=O)O)cc34)c(S(=O)(=O)O)cc2cc1S(=O)(=O)O. The molecule has 0 aromatic heterocycles. The van der Waals surface area contributed by atoms with Crippen molar-refractivity contribution in [2.45, 2.75) is 24.5 Å². The molecule has 0 saturated carbocycles. The molecule has 6 aromatic rings. The zero-order chi connectivity index (χ0) is 42.2. The van der Waals surface area contributed by atoms with Gasteiger partial charge < -0.3 is 15.9 Å². The number of nitrogens with zero attached hydrogens (tertiary/aromatic N) is 4. The molecule has 0 bridgehead atoms. The Bertz CT molecular complexity index is 3400. The number of rotatable bonds is 9. The van der Waals surface area contributed by atoms with Crippen molar-refractivity contribution < 1.29 is 75.1 Å². The van der Waals surface area contributed by atoms with Gasteiger partial charge >= 0.3 is 0 Å².